The SMILES string of the molecule is CSc1ccccc1-c1ccc2ncc(N3CCCCC3)nc2c1. The monoisotopic (exact) mass is 335 g/mol. The van der Waals surface area contributed by atoms with E-state index in [0.717, 1.165) is 29.9 Å². The molecule has 0 aliphatic carbocycles. The molecule has 1 aromatic heterocycles. The van der Waals surface area contributed by atoms with Crippen LogP contribution in [0.25, 0.3) is 22.2 Å². The number of thioether (sulfide) groups is 1. The van der Waals surface area contributed by atoms with Crippen LogP contribution in [0.3, 0.4) is 0 Å². The molecular formula is C20H21N3S. The smallest absolute Gasteiger partial charge is 0.147 e. The van der Waals surface area contributed by atoms with Crippen LogP contribution in [-0.2, 0) is 0 Å². The Morgan fingerprint density at radius 1 is 0.958 bits per heavy atom. The van der Waals surface area contributed by atoms with Crippen molar-refractivity contribution in [3.05, 3.63) is 48.7 Å². The van der Waals surface area contributed by atoms with Gasteiger partial charge in [-0.2, -0.15) is 0 Å². The van der Waals surface area contributed by atoms with Crippen LogP contribution < -0.4 is 4.90 Å². The quantitative estimate of drug-likeness (QED) is 0.629. The number of hydrogen-bond acceptors (Lipinski definition) is 4. The molecule has 24 heavy (non-hydrogen) atoms. The number of aromatic nitrogens is 2. The molecule has 1 aliphatic rings. The summed E-state index contributed by atoms with van der Waals surface area (Å²) in [4.78, 5) is 13.2. The highest BCUT2D eigenvalue weighted by Gasteiger charge is 2.13. The maximum atomic E-state index is 4.90. The van der Waals surface area contributed by atoms with E-state index in [9.17, 15) is 0 Å². The van der Waals surface area contributed by atoms with Crippen LogP contribution in [0.2, 0.25) is 0 Å². The van der Waals surface area contributed by atoms with E-state index in [0.29, 0.717) is 0 Å². The fraction of sp³-hybridized carbons (Fsp3) is 0.300. The number of anilines is 1. The van der Waals surface area contributed by atoms with Crippen molar-refractivity contribution in [2.45, 2.75) is 24.2 Å². The molecule has 4 heteroatoms. The summed E-state index contributed by atoms with van der Waals surface area (Å²) in [7, 11) is 0. The molecule has 0 saturated carbocycles. The zero-order chi connectivity index (χ0) is 16.4. The van der Waals surface area contributed by atoms with Crippen LogP contribution in [-0.4, -0.2) is 29.3 Å². The van der Waals surface area contributed by atoms with Gasteiger partial charge in [0.1, 0.15) is 5.82 Å². The van der Waals surface area contributed by atoms with Crippen LogP contribution in [0.4, 0.5) is 5.82 Å². The van der Waals surface area contributed by atoms with Crippen LogP contribution in [0.1, 0.15) is 19.3 Å². The molecule has 1 aliphatic heterocycles. The van der Waals surface area contributed by atoms with Gasteiger partial charge in [-0.25, -0.2) is 4.98 Å². The predicted molar refractivity (Wildman–Crippen MR) is 103 cm³/mol. The third-order valence-corrected chi connectivity index (χ3v) is 5.42. The summed E-state index contributed by atoms with van der Waals surface area (Å²) in [5, 5.41) is 0. The molecule has 3 nitrogen and oxygen atoms in total. The van der Waals surface area contributed by atoms with E-state index < -0.39 is 0 Å². The Morgan fingerprint density at radius 3 is 2.62 bits per heavy atom. The molecule has 2 heterocycles. The van der Waals surface area contributed by atoms with Gasteiger partial charge in [0.15, 0.2) is 0 Å². The fourth-order valence-electron chi connectivity index (χ4n) is 3.33. The van der Waals surface area contributed by atoms with Crippen molar-refractivity contribution in [1.29, 1.82) is 0 Å². The zero-order valence-corrected chi connectivity index (χ0v) is 14.7. The molecule has 122 valence electrons. The van der Waals surface area contributed by atoms with Gasteiger partial charge < -0.3 is 4.90 Å². The van der Waals surface area contributed by atoms with Crippen molar-refractivity contribution in [3.8, 4) is 11.1 Å². The van der Waals surface area contributed by atoms with E-state index in [4.69, 9.17) is 4.98 Å². The van der Waals surface area contributed by atoms with Crippen molar-refractivity contribution in [3.63, 3.8) is 0 Å². The standard InChI is InChI=1S/C20H21N3S/c1-24-19-8-4-3-7-16(19)15-9-10-17-18(13-15)22-20(14-21-17)23-11-5-2-6-12-23/h3-4,7-10,13-14H,2,5-6,11-12H2,1H3. The molecule has 1 saturated heterocycles. The Morgan fingerprint density at radius 2 is 1.79 bits per heavy atom. The predicted octanol–water partition coefficient (Wildman–Crippen LogP) is 5.01. The first kappa shape index (κ1) is 15.5. The molecule has 0 radical (unpaired) electrons. The molecule has 1 fully saturated rings. The fourth-order valence-corrected chi connectivity index (χ4v) is 3.95. The number of fused-ring (bicyclic) bond motifs is 1. The number of nitrogens with zero attached hydrogens (tertiary/aromatic N) is 3. The Balaban J connectivity index is 1.76. The van der Waals surface area contributed by atoms with Crippen molar-refractivity contribution in [2.24, 2.45) is 0 Å². The highest BCUT2D eigenvalue weighted by atomic mass is 32.2. The number of hydrogen-bond donors (Lipinski definition) is 0. The first-order valence-corrected chi connectivity index (χ1v) is 9.73. The first-order valence-electron chi connectivity index (χ1n) is 8.50. The second kappa shape index (κ2) is 6.81. The van der Waals surface area contributed by atoms with Crippen LogP contribution in [0, 0.1) is 0 Å². The summed E-state index contributed by atoms with van der Waals surface area (Å²) in [6.45, 7) is 2.18. The topological polar surface area (TPSA) is 29.0 Å². The largest absolute Gasteiger partial charge is 0.355 e. The summed E-state index contributed by atoms with van der Waals surface area (Å²) in [5.41, 5.74) is 4.40. The summed E-state index contributed by atoms with van der Waals surface area (Å²) in [5.74, 6) is 1.01. The highest BCUT2D eigenvalue weighted by molar-refractivity contribution is 7.98. The van der Waals surface area contributed by atoms with Gasteiger partial charge in [-0.05, 0) is 54.8 Å². The van der Waals surface area contributed by atoms with Gasteiger partial charge in [0, 0.05) is 18.0 Å². The molecule has 0 N–H and O–H groups in total. The summed E-state index contributed by atoms with van der Waals surface area (Å²) in [6, 6.07) is 14.9. The van der Waals surface area contributed by atoms with Gasteiger partial charge in [-0.3, -0.25) is 4.98 Å². The van der Waals surface area contributed by atoms with Gasteiger partial charge >= 0.3 is 0 Å². The third kappa shape index (κ3) is 2.98. The molecule has 3 aromatic rings. The Labute approximate surface area is 147 Å². The Bertz CT molecular complexity index is 856. The van der Waals surface area contributed by atoms with Crippen LogP contribution in [0.5, 0.6) is 0 Å². The van der Waals surface area contributed by atoms with Crippen molar-refractivity contribution in [2.75, 3.05) is 24.2 Å². The van der Waals surface area contributed by atoms with Gasteiger partial charge in [0.2, 0.25) is 0 Å². The molecule has 0 unspecified atom stereocenters. The number of piperidine rings is 1. The van der Waals surface area contributed by atoms with Crippen molar-refractivity contribution >= 4 is 28.6 Å². The van der Waals surface area contributed by atoms with Gasteiger partial charge in [-0.1, -0.05) is 24.3 Å². The minimum absolute atomic E-state index is 0.959. The second-order valence-corrected chi connectivity index (χ2v) is 7.03. The lowest BCUT2D eigenvalue weighted by Crippen LogP contribution is -2.30. The van der Waals surface area contributed by atoms with Gasteiger partial charge in [0.05, 0.1) is 17.2 Å². The van der Waals surface area contributed by atoms with Gasteiger partial charge in [0.25, 0.3) is 0 Å². The summed E-state index contributed by atoms with van der Waals surface area (Å²) in [6.07, 6.45) is 7.87. The van der Waals surface area contributed by atoms with Crippen LogP contribution in [0.15, 0.2) is 53.6 Å². The Kier molecular flexibility index (Phi) is 4.39. The van der Waals surface area contributed by atoms with E-state index in [-0.39, 0.29) is 0 Å². The van der Waals surface area contributed by atoms with E-state index in [1.54, 1.807) is 11.8 Å². The normalized spacial score (nSPS) is 15.0. The average Bonchev–Trinajstić information content (AvgIpc) is 2.67. The minimum atomic E-state index is 0.959. The van der Waals surface area contributed by atoms with E-state index in [2.05, 4.69) is 58.6 Å². The zero-order valence-electron chi connectivity index (χ0n) is 13.9. The lowest BCUT2D eigenvalue weighted by molar-refractivity contribution is 0.573. The summed E-state index contributed by atoms with van der Waals surface area (Å²) < 4.78 is 0. The lowest BCUT2D eigenvalue weighted by Gasteiger charge is -2.27. The molecule has 0 bridgehead atoms. The van der Waals surface area contributed by atoms with E-state index in [1.807, 2.05) is 6.20 Å². The molecular weight excluding hydrogens is 314 g/mol. The highest BCUT2D eigenvalue weighted by Crippen LogP contribution is 2.31. The average molecular weight is 335 g/mol. The summed E-state index contributed by atoms with van der Waals surface area (Å²) >= 11 is 1.78. The van der Waals surface area contributed by atoms with Crippen molar-refractivity contribution in [1.82, 2.24) is 9.97 Å². The third-order valence-electron chi connectivity index (χ3n) is 4.63. The minimum Gasteiger partial charge on any atom is -0.355 e. The van der Waals surface area contributed by atoms with Crippen LogP contribution >= 0.6 is 11.8 Å². The second-order valence-electron chi connectivity index (χ2n) is 6.18. The maximum Gasteiger partial charge on any atom is 0.147 e. The number of benzene rings is 2. The van der Waals surface area contributed by atoms with Crippen molar-refractivity contribution < 1.29 is 0 Å². The Hall–Kier alpha value is -2.07. The van der Waals surface area contributed by atoms with E-state index in [1.165, 1.54) is 35.3 Å². The molecule has 2 aromatic carbocycles. The van der Waals surface area contributed by atoms with E-state index >= 15 is 0 Å². The lowest BCUT2D eigenvalue weighted by atomic mass is 10.0. The first-order chi connectivity index (χ1) is 11.8. The molecule has 0 atom stereocenters. The number of rotatable bonds is 3. The molecule has 0 spiro atoms. The molecule has 4 rings (SSSR count). The van der Waals surface area contributed by atoms with Gasteiger partial charge in [-0.15, -0.1) is 11.8 Å². The molecule has 0 amide bonds. The maximum absolute atomic E-state index is 4.90.